The van der Waals surface area contributed by atoms with Gasteiger partial charge >= 0.3 is 0 Å². The molecule has 32 heavy (non-hydrogen) atoms. The van der Waals surface area contributed by atoms with Crippen LogP contribution in [0.3, 0.4) is 0 Å². The van der Waals surface area contributed by atoms with Crippen LogP contribution in [0.15, 0.2) is 48.7 Å². The summed E-state index contributed by atoms with van der Waals surface area (Å²) in [4.78, 5) is 35.9. The summed E-state index contributed by atoms with van der Waals surface area (Å²) in [7, 11) is 0. The van der Waals surface area contributed by atoms with Crippen LogP contribution in [0.1, 0.15) is 35.7 Å². The highest BCUT2D eigenvalue weighted by atomic mass is 35.5. The van der Waals surface area contributed by atoms with Gasteiger partial charge in [0.25, 0.3) is 5.91 Å². The predicted octanol–water partition coefficient (Wildman–Crippen LogP) is 4.66. The molecule has 0 saturated carbocycles. The summed E-state index contributed by atoms with van der Waals surface area (Å²) in [6, 6.07) is 13.0. The van der Waals surface area contributed by atoms with Crippen LogP contribution in [0, 0.1) is 0 Å². The Balaban J connectivity index is 1.40. The maximum absolute atomic E-state index is 12.7. The predicted molar refractivity (Wildman–Crippen MR) is 124 cm³/mol. The van der Waals surface area contributed by atoms with Gasteiger partial charge < -0.3 is 15.5 Å². The fourth-order valence-corrected chi connectivity index (χ4v) is 4.42. The summed E-state index contributed by atoms with van der Waals surface area (Å²) >= 11 is 6.10. The van der Waals surface area contributed by atoms with Gasteiger partial charge in [0, 0.05) is 46.2 Å². The molecule has 2 aliphatic rings. The van der Waals surface area contributed by atoms with Crippen LogP contribution >= 0.6 is 11.6 Å². The standard InChI is InChI=1S/C24H22ClN5O2/c1-14-3-2-10-30(14)23(32)15-4-7-18(8-5-15)27-24-26-13-16-11-21(31)28-20-12-17(25)6-9-19(20)22(16)29-24/h4-9,12-14H,2-3,10-11H2,1H3,(H,28,31)(H,26,27,29). The number of nitrogens with one attached hydrogen (secondary N) is 2. The molecule has 1 aromatic heterocycles. The van der Waals surface area contributed by atoms with Gasteiger partial charge in [0.1, 0.15) is 0 Å². The van der Waals surface area contributed by atoms with Crippen molar-refractivity contribution < 1.29 is 9.59 Å². The third kappa shape index (κ3) is 3.91. The van der Waals surface area contributed by atoms with Crippen molar-refractivity contribution in [2.75, 3.05) is 17.2 Å². The normalized spacial score (nSPS) is 17.2. The molecule has 1 fully saturated rings. The Morgan fingerprint density at radius 2 is 2.03 bits per heavy atom. The van der Waals surface area contributed by atoms with Crippen molar-refractivity contribution in [1.29, 1.82) is 0 Å². The fraction of sp³-hybridized carbons (Fsp3) is 0.250. The lowest BCUT2D eigenvalue weighted by atomic mass is 10.1. The zero-order valence-electron chi connectivity index (χ0n) is 17.6. The van der Waals surface area contributed by atoms with E-state index >= 15 is 0 Å². The molecule has 1 saturated heterocycles. The van der Waals surface area contributed by atoms with Crippen molar-refractivity contribution >= 4 is 40.7 Å². The summed E-state index contributed by atoms with van der Waals surface area (Å²) in [6.45, 7) is 2.90. The highest BCUT2D eigenvalue weighted by molar-refractivity contribution is 6.31. The molecule has 3 heterocycles. The highest BCUT2D eigenvalue weighted by Gasteiger charge is 2.26. The first-order chi connectivity index (χ1) is 15.5. The monoisotopic (exact) mass is 447 g/mol. The second-order valence-corrected chi connectivity index (χ2v) is 8.61. The van der Waals surface area contributed by atoms with Crippen LogP contribution in [0.25, 0.3) is 11.3 Å². The number of hydrogen-bond donors (Lipinski definition) is 2. The van der Waals surface area contributed by atoms with Gasteiger partial charge in [0.05, 0.1) is 17.8 Å². The van der Waals surface area contributed by atoms with E-state index in [1.54, 1.807) is 18.3 Å². The first-order valence-electron chi connectivity index (χ1n) is 10.6. The molecule has 0 bridgehead atoms. The number of carbonyl (C=O) groups is 2. The van der Waals surface area contributed by atoms with E-state index in [1.165, 1.54) is 0 Å². The van der Waals surface area contributed by atoms with E-state index in [9.17, 15) is 9.59 Å². The molecule has 3 aromatic rings. The minimum atomic E-state index is -0.135. The maximum Gasteiger partial charge on any atom is 0.254 e. The zero-order valence-corrected chi connectivity index (χ0v) is 18.3. The number of likely N-dealkylation sites (tertiary alicyclic amines) is 1. The van der Waals surface area contributed by atoms with E-state index in [4.69, 9.17) is 11.6 Å². The Labute approximate surface area is 190 Å². The smallest absolute Gasteiger partial charge is 0.254 e. The van der Waals surface area contributed by atoms with Gasteiger partial charge in [-0.15, -0.1) is 0 Å². The van der Waals surface area contributed by atoms with Crippen LogP contribution < -0.4 is 10.6 Å². The average molecular weight is 448 g/mol. The number of carbonyl (C=O) groups excluding carboxylic acids is 2. The number of halogens is 1. The topological polar surface area (TPSA) is 87.2 Å². The quantitative estimate of drug-likeness (QED) is 0.609. The average Bonchev–Trinajstić information content (AvgIpc) is 3.15. The summed E-state index contributed by atoms with van der Waals surface area (Å²) in [6.07, 6.45) is 3.96. The van der Waals surface area contributed by atoms with Gasteiger partial charge in [0.2, 0.25) is 11.9 Å². The van der Waals surface area contributed by atoms with Crippen LogP contribution in [0.4, 0.5) is 17.3 Å². The molecule has 0 radical (unpaired) electrons. The second kappa shape index (κ2) is 8.24. The minimum absolute atomic E-state index is 0.0651. The largest absolute Gasteiger partial charge is 0.336 e. The van der Waals surface area contributed by atoms with Crippen molar-refractivity contribution in [3.63, 3.8) is 0 Å². The lowest BCUT2D eigenvalue weighted by Crippen LogP contribution is -2.33. The fourth-order valence-electron chi connectivity index (χ4n) is 4.25. The molecule has 0 spiro atoms. The summed E-state index contributed by atoms with van der Waals surface area (Å²) in [5.74, 6) is 0.339. The van der Waals surface area contributed by atoms with Crippen molar-refractivity contribution in [3.05, 3.63) is 64.8 Å². The van der Waals surface area contributed by atoms with Crippen LogP contribution in [-0.2, 0) is 11.2 Å². The second-order valence-electron chi connectivity index (χ2n) is 8.17. The molecule has 1 unspecified atom stereocenters. The summed E-state index contributed by atoms with van der Waals surface area (Å²) in [5.41, 5.74) is 4.29. The molecule has 2 amide bonds. The minimum Gasteiger partial charge on any atom is -0.336 e. The number of anilines is 3. The Morgan fingerprint density at radius 1 is 1.22 bits per heavy atom. The Kier molecular flexibility index (Phi) is 5.27. The third-order valence-electron chi connectivity index (χ3n) is 5.93. The van der Waals surface area contributed by atoms with E-state index in [0.29, 0.717) is 27.9 Å². The molecule has 7 nitrogen and oxygen atoms in total. The number of fused-ring (bicyclic) bond motifs is 3. The molecule has 2 aromatic carbocycles. The van der Waals surface area contributed by atoms with E-state index < -0.39 is 0 Å². The van der Waals surface area contributed by atoms with Crippen molar-refractivity contribution in [3.8, 4) is 11.3 Å². The number of amides is 2. The Hall–Kier alpha value is -3.45. The summed E-state index contributed by atoms with van der Waals surface area (Å²) in [5, 5.41) is 6.61. The summed E-state index contributed by atoms with van der Waals surface area (Å²) < 4.78 is 0. The lowest BCUT2D eigenvalue weighted by Gasteiger charge is -2.21. The Bertz CT molecular complexity index is 1210. The highest BCUT2D eigenvalue weighted by Crippen LogP contribution is 2.35. The number of rotatable bonds is 3. The molecular formula is C24H22ClN5O2. The van der Waals surface area contributed by atoms with Crippen molar-refractivity contribution in [2.24, 2.45) is 0 Å². The SMILES string of the molecule is CC1CCCN1C(=O)c1ccc(Nc2ncc3c(n2)-c2ccc(Cl)cc2NC(=O)C3)cc1. The van der Waals surface area contributed by atoms with Gasteiger partial charge in [0.15, 0.2) is 0 Å². The van der Waals surface area contributed by atoms with Gasteiger partial charge in [-0.3, -0.25) is 9.59 Å². The van der Waals surface area contributed by atoms with Crippen LogP contribution in [0.2, 0.25) is 5.02 Å². The van der Waals surface area contributed by atoms with E-state index in [0.717, 1.165) is 36.2 Å². The molecule has 2 N–H and O–H groups in total. The molecule has 5 rings (SSSR count). The number of nitrogens with zero attached hydrogens (tertiary/aromatic N) is 3. The molecule has 1 atom stereocenters. The van der Waals surface area contributed by atoms with E-state index in [1.807, 2.05) is 35.2 Å². The van der Waals surface area contributed by atoms with Crippen LogP contribution in [-0.4, -0.2) is 39.3 Å². The van der Waals surface area contributed by atoms with E-state index in [2.05, 4.69) is 27.5 Å². The first-order valence-corrected chi connectivity index (χ1v) is 11.0. The molecule has 0 aliphatic carbocycles. The third-order valence-corrected chi connectivity index (χ3v) is 6.16. The number of hydrogen-bond acceptors (Lipinski definition) is 5. The lowest BCUT2D eigenvalue weighted by molar-refractivity contribution is -0.115. The number of benzene rings is 2. The zero-order chi connectivity index (χ0) is 22.2. The molecule has 162 valence electrons. The number of aromatic nitrogens is 2. The van der Waals surface area contributed by atoms with Crippen molar-refractivity contribution in [2.45, 2.75) is 32.2 Å². The molecule has 2 aliphatic heterocycles. The first kappa shape index (κ1) is 20.5. The van der Waals surface area contributed by atoms with Gasteiger partial charge in [-0.1, -0.05) is 11.6 Å². The molecular weight excluding hydrogens is 426 g/mol. The molecule has 8 heteroatoms. The van der Waals surface area contributed by atoms with Gasteiger partial charge in [-0.05, 0) is 62.2 Å². The Morgan fingerprint density at radius 3 is 2.78 bits per heavy atom. The van der Waals surface area contributed by atoms with Gasteiger partial charge in [-0.2, -0.15) is 0 Å². The van der Waals surface area contributed by atoms with Crippen LogP contribution in [0.5, 0.6) is 0 Å². The maximum atomic E-state index is 12.7. The van der Waals surface area contributed by atoms with Gasteiger partial charge in [-0.25, -0.2) is 9.97 Å². The van der Waals surface area contributed by atoms with Crippen molar-refractivity contribution in [1.82, 2.24) is 14.9 Å². The van der Waals surface area contributed by atoms with E-state index in [-0.39, 0.29) is 24.3 Å².